The summed E-state index contributed by atoms with van der Waals surface area (Å²) < 4.78 is 13.0. The Balaban J connectivity index is 3.30. The van der Waals surface area contributed by atoms with Gasteiger partial charge in [0.1, 0.15) is 5.82 Å². The van der Waals surface area contributed by atoms with Crippen molar-refractivity contribution < 1.29 is 14.3 Å². The van der Waals surface area contributed by atoms with Crippen molar-refractivity contribution >= 4 is 17.3 Å². The molecule has 1 rings (SSSR count). The summed E-state index contributed by atoms with van der Waals surface area (Å²) in [5, 5.41) is 11.2. The second-order valence-electron chi connectivity index (χ2n) is 2.47. The van der Waals surface area contributed by atoms with Crippen LogP contribution in [0.25, 0.3) is 0 Å². The van der Waals surface area contributed by atoms with Crippen LogP contribution in [0.4, 0.5) is 15.8 Å². The van der Waals surface area contributed by atoms with E-state index in [2.05, 4.69) is 5.32 Å². The first-order valence-corrected chi connectivity index (χ1v) is 3.56. The van der Waals surface area contributed by atoms with E-state index in [1.54, 1.807) is 0 Å². The Morgan fingerprint density at radius 2 is 2.23 bits per heavy atom. The third-order valence-electron chi connectivity index (χ3n) is 1.64. The van der Waals surface area contributed by atoms with E-state index >= 15 is 0 Å². The molecule has 0 radical (unpaired) electrons. The lowest BCUT2D eigenvalue weighted by molar-refractivity contribution is 0.0698. The topological polar surface area (TPSA) is 75.3 Å². The van der Waals surface area contributed by atoms with Crippen molar-refractivity contribution in [3.8, 4) is 0 Å². The van der Waals surface area contributed by atoms with Crippen LogP contribution in [0.5, 0.6) is 0 Å². The number of hydrogen-bond donors (Lipinski definition) is 3. The minimum Gasteiger partial charge on any atom is -0.478 e. The second-order valence-corrected chi connectivity index (χ2v) is 2.47. The van der Waals surface area contributed by atoms with Gasteiger partial charge >= 0.3 is 5.97 Å². The van der Waals surface area contributed by atoms with E-state index in [-0.39, 0.29) is 16.9 Å². The Bertz CT molecular complexity index is 352. The average molecular weight is 184 g/mol. The van der Waals surface area contributed by atoms with Crippen LogP contribution in [0.3, 0.4) is 0 Å². The maximum Gasteiger partial charge on any atom is 0.337 e. The number of nitrogen functional groups attached to an aromatic ring is 1. The predicted octanol–water partition coefficient (Wildman–Crippen LogP) is 1.15. The summed E-state index contributed by atoms with van der Waals surface area (Å²) in [4.78, 5) is 10.6. The first-order valence-electron chi connectivity index (χ1n) is 3.56. The number of nitrogens with one attached hydrogen (secondary N) is 1. The van der Waals surface area contributed by atoms with Gasteiger partial charge in [0.05, 0.1) is 11.3 Å². The highest BCUT2D eigenvalue weighted by Crippen LogP contribution is 2.21. The van der Waals surface area contributed by atoms with Crippen LogP contribution in [0, 0.1) is 5.82 Å². The fourth-order valence-electron chi connectivity index (χ4n) is 0.965. The Kier molecular flexibility index (Phi) is 2.36. The highest BCUT2D eigenvalue weighted by atomic mass is 19.1. The number of rotatable bonds is 2. The normalized spacial score (nSPS) is 9.69. The molecule has 0 atom stereocenters. The molecule has 4 N–H and O–H groups in total. The summed E-state index contributed by atoms with van der Waals surface area (Å²) in [5.41, 5.74) is 5.23. The van der Waals surface area contributed by atoms with Gasteiger partial charge in [-0.05, 0) is 12.1 Å². The zero-order valence-corrected chi connectivity index (χ0v) is 6.97. The van der Waals surface area contributed by atoms with Gasteiger partial charge in [-0.1, -0.05) is 0 Å². The molecule has 0 bridgehead atoms. The molecule has 1 aromatic rings. The summed E-state index contributed by atoms with van der Waals surface area (Å²) in [5.74, 6) is -1.74. The van der Waals surface area contributed by atoms with Crippen molar-refractivity contribution in [1.29, 1.82) is 0 Å². The van der Waals surface area contributed by atoms with Crippen molar-refractivity contribution in [1.82, 2.24) is 0 Å². The van der Waals surface area contributed by atoms with Crippen molar-refractivity contribution in [3.63, 3.8) is 0 Å². The highest BCUT2D eigenvalue weighted by Gasteiger charge is 2.11. The first-order chi connectivity index (χ1) is 6.06. The molecule has 0 fully saturated rings. The van der Waals surface area contributed by atoms with E-state index in [9.17, 15) is 9.18 Å². The number of carbonyl (C=O) groups is 1. The largest absolute Gasteiger partial charge is 0.478 e. The van der Waals surface area contributed by atoms with Gasteiger partial charge in [0.15, 0.2) is 0 Å². The molecule has 0 aromatic heterocycles. The molecule has 0 saturated carbocycles. The lowest BCUT2D eigenvalue weighted by Crippen LogP contribution is -2.05. The number of carboxylic acids is 1. The summed E-state index contributed by atoms with van der Waals surface area (Å²) in [6, 6.07) is 2.14. The van der Waals surface area contributed by atoms with Crippen LogP contribution in [-0.4, -0.2) is 18.1 Å². The van der Waals surface area contributed by atoms with Crippen molar-refractivity contribution in [2.45, 2.75) is 0 Å². The van der Waals surface area contributed by atoms with E-state index in [4.69, 9.17) is 10.8 Å². The maximum atomic E-state index is 13.0. The van der Waals surface area contributed by atoms with Crippen molar-refractivity contribution in [2.75, 3.05) is 18.1 Å². The molecule has 1 aromatic carbocycles. The molecular weight excluding hydrogens is 175 g/mol. The molecule has 5 heteroatoms. The number of hydrogen-bond acceptors (Lipinski definition) is 3. The molecule has 0 aliphatic rings. The fraction of sp³-hybridized carbons (Fsp3) is 0.125. The van der Waals surface area contributed by atoms with Gasteiger partial charge in [-0.25, -0.2) is 9.18 Å². The van der Waals surface area contributed by atoms with Crippen molar-refractivity contribution in [3.05, 3.63) is 23.5 Å². The molecule has 0 heterocycles. The predicted molar refractivity (Wildman–Crippen MR) is 47.3 cm³/mol. The molecule has 0 spiro atoms. The lowest BCUT2D eigenvalue weighted by Gasteiger charge is -2.05. The fourth-order valence-corrected chi connectivity index (χ4v) is 0.965. The van der Waals surface area contributed by atoms with E-state index in [0.29, 0.717) is 0 Å². The first kappa shape index (κ1) is 9.31. The Morgan fingerprint density at radius 3 is 2.69 bits per heavy atom. The smallest absolute Gasteiger partial charge is 0.337 e. The number of nitrogens with two attached hydrogens (primary N) is 1. The zero-order valence-electron chi connectivity index (χ0n) is 6.97. The standard InChI is InChI=1S/C8H9FN2O2/c1-11-7-2-4(8(12)13)6(10)3-5(7)9/h2-3,11H,10H2,1H3,(H,12,13). The van der Waals surface area contributed by atoms with Gasteiger partial charge in [-0.3, -0.25) is 0 Å². The number of benzene rings is 1. The van der Waals surface area contributed by atoms with Gasteiger partial charge in [0.25, 0.3) is 0 Å². The van der Waals surface area contributed by atoms with Crippen LogP contribution in [-0.2, 0) is 0 Å². The maximum absolute atomic E-state index is 13.0. The Morgan fingerprint density at radius 1 is 1.62 bits per heavy atom. The van der Waals surface area contributed by atoms with Gasteiger partial charge in [0.2, 0.25) is 0 Å². The lowest BCUT2D eigenvalue weighted by atomic mass is 10.1. The molecule has 70 valence electrons. The monoisotopic (exact) mass is 184 g/mol. The Labute approximate surface area is 74.2 Å². The van der Waals surface area contributed by atoms with Crippen LogP contribution in [0.1, 0.15) is 10.4 Å². The average Bonchev–Trinajstić information content (AvgIpc) is 2.03. The number of aromatic carboxylic acids is 1. The summed E-state index contributed by atoms with van der Waals surface area (Å²) in [7, 11) is 1.50. The molecule has 0 aliphatic heterocycles. The summed E-state index contributed by atoms with van der Waals surface area (Å²) in [6.45, 7) is 0. The Hall–Kier alpha value is -1.78. The minimum absolute atomic E-state index is 0.0796. The van der Waals surface area contributed by atoms with Crippen LogP contribution in [0.15, 0.2) is 12.1 Å². The van der Waals surface area contributed by atoms with E-state index in [1.807, 2.05) is 0 Å². The molecular formula is C8H9FN2O2. The van der Waals surface area contributed by atoms with E-state index in [0.717, 1.165) is 12.1 Å². The number of halogens is 1. The van der Waals surface area contributed by atoms with Crippen molar-refractivity contribution in [2.24, 2.45) is 0 Å². The molecule has 0 amide bonds. The quantitative estimate of drug-likeness (QED) is 0.602. The van der Waals surface area contributed by atoms with Gasteiger partial charge in [0, 0.05) is 12.7 Å². The molecule has 4 nitrogen and oxygen atoms in total. The highest BCUT2D eigenvalue weighted by molar-refractivity contribution is 5.94. The molecule has 0 saturated heterocycles. The number of anilines is 2. The third kappa shape index (κ3) is 1.69. The molecule has 0 unspecified atom stereocenters. The van der Waals surface area contributed by atoms with Gasteiger partial charge in [-0.2, -0.15) is 0 Å². The third-order valence-corrected chi connectivity index (χ3v) is 1.64. The summed E-state index contributed by atoms with van der Waals surface area (Å²) in [6.07, 6.45) is 0. The zero-order chi connectivity index (χ0) is 10.0. The minimum atomic E-state index is -1.17. The van der Waals surface area contributed by atoms with E-state index in [1.165, 1.54) is 7.05 Å². The summed E-state index contributed by atoms with van der Waals surface area (Å²) >= 11 is 0. The SMILES string of the molecule is CNc1cc(C(=O)O)c(N)cc1F. The van der Waals surface area contributed by atoms with E-state index < -0.39 is 11.8 Å². The number of carboxylic acid groups (broad SMARTS) is 1. The molecule has 0 aliphatic carbocycles. The molecule has 13 heavy (non-hydrogen) atoms. The van der Waals surface area contributed by atoms with Crippen LogP contribution < -0.4 is 11.1 Å². The van der Waals surface area contributed by atoms with Crippen LogP contribution in [0.2, 0.25) is 0 Å². The van der Waals surface area contributed by atoms with Gasteiger partial charge in [-0.15, -0.1) is 0 Å². The van der Waals surface area contributed by atoms with Crippen LogP contribution >= 0.6 is 0 Å². The van der Waals surface area contributed by atoms with Gasteiger partial charge < -0.3 is 16.2 Å². The second kappa shape index (κ2) is 3.30.